The summed E-state index contributed by atoms with van der Waals surface area (Å²) in [6.45, 7) is 0. The summed E-state index contributed by atoms with van der Waals surface area (Å²) >= 11 is 0. The summed E-state index contributed by atoms with van der Waals surface area (Å²) in [5.74, 6) is 1.22. The number of oxime groups is 1. The van der Waals surface area contributed by atoms with Gasteiger partial charge in [0.2, 0.25) is 0 Å². The maximum atomic E-state index is 8.42. The Balaban J connectivity index is 3.21. The van der Waals surface area contributed by atoms with E-state index < -0.39 is 0 Å². The summed E-state index contributed by atoms with van der Waals surface area (Å²) in [6.07, 6.45) is 1.28. The lowest BCUT2D eigenvalue weighted by molar-refractivity contribution is 0.321. The topological polar surface area (TPSA) is 51.0 Å². The lowest BCUT2D eigenvalue weighted by Gasteiger charge is -2.07. The molecule has 13 heavy (non-hydrogen) atoms. The predicted molar refractivity (Wildman–Crippen MR) is 48.9 cm³/mol. The van der Waals surface area contributed by atoms with E-state index in [0.717, 1.165) is 0 Å². The molecule has 1 rings (SSSR count). The van der Waals surface area contributed by atoms with E-state index in [9.17, 15) is 0 Å². The van der Waals surface area contributed by atoms with E-state index in [1.807, 2.05) is 0 Å². The van der Waals surface area contributed by atoms with Gasteiger partial charge in [-0.2, -0.15) is 0 Å². The second-order valence-corrected chi connectivity index (χ2v) is 2.32. The van der Waals surface area contributed by atoms with Crippen LogP contribution in [0.4, 0.5) is 0 Å². The van der Waals surface area contributed by atoms with Crippen LogP contribution >= 0.6 is 0 Å². The number of nitrogens with zero attached hydrogens (tertiary/aromatic N) is 1. The van der Waals surface area contributed by atoms with Crippen molar-refractivity contribution in [2.75, 3.05) is 14.2 Å². The van der Waals surface area contributed by atoms with Crippen molar-refractivity contribution in [1.29, 1.82) is 0 Å². The second kappa shape index (κ2) is 4.35. The van der Waals surface area contributed by atoms with Crippen molar-refractivity contribution in [3.05, 3.63) is 23.8 Å². The number of ether oxygens (including phenoxy) is 2. The fourth-order valence-corrected chi connectivity index (χ4v) is 1.06. The number of rotatable bonds is 3. The Kier molecular flexibility index (Phi) is 3.14. The Labute approximate surface area is 76.4 Å². The third-order valence-corrected chi connectivity index (χ3v) is 1.65. The summed E-state index contributed by atoms with van der Waals surface area (Å²) in [6, 6.07) is 5.32. The van der Waals surface area contributed by atoms with E-state index in [0.29, 0.717) is 17.1 Å². The Morgan fingerprint density at radius 3 is 2.15 bits per heavy atom. The van der Waals surface area contributed by atoms with Crippen molar-refractivity contribution in [1.82, 2.24) is 0 Å². The van der Waals surface area contributed by atoms with Gasteiger partial charge in [-0.25, -0.2) is 0 Å². The van der Waals surface area contributed by atoms with Crippen molar-refractivity contribution >= 4 is 6.21 Å². The van der Waals surface area contributed by atoms with Crippen molar-refractivity contribution in [2.45, 2.75) is 0 Å². The Bertz CT molecular complexity index is 287. The number of methoxy groups -OCH3 is 2. The third kappa shape index (κ3) is 1.90. The molecule has 0 heterocycles. The molecule has 0 radical (unpaired) electrons. The zero-order valence-corrected chi connectivity index (χ0v) is 7.52. The summed E-state index contributed by atoms with van der Waals surface area (Å²) in [4.78, 5) is 0. The van der Waals surface area contributed by atoms with Crippen molar-refractivity contribution in [2.24, 2.45) is 5.16 Å². The van der Waals surface area contributed by atoms with Crippen molar-refractivity contribution in [3.8, 4) is 11.5 Å². The van der Waals surface area contributed by atoms with Gasteiger partial charge in [0.25, 0.3) is 0 Å². The van der Waals surface area contributed by atoms with Gasteiger partial charge in [-0.3, -0.25) is 0 Å². The van der Waals surface area contributed by atoms with Gasteiger partial charge in [-0.05, 0) is 12.1 Å². The van der Waals surface area contributed by atoms with Gasteiger partial charge in [0.15, 0.2) is 0 Å². The molecule has 0 unspecified atom stereocenters. The second-order valence-electron chi connectivity index (χ2n) is 2.32. The molecule has 1 aromatic rings. The zero-order valence-electron chi connectivity index (χ0n) is 7.52. The molecule has 0 atom stereocenters. The molecule has 0 saturated carbocycles. The molecule has 70 valence electrons. The van der Waals surface area contributed by atoms with E-state index in [4.69, 9.17) is 14.7 Å². The number of hydrogen-bond acceptors (Lipinski definition) is 4. The standard InChI is InChI=1S/C9H11NO3/c1-12-8-4-3-5-9(13-2)7(8)6-10-11/h3-6,11H,1-2H3. The molecule has 0 fully saturated rings. The van der Waals surface area contributed by atoms with Gasteiger partial charge in [0.05, 0.1) is 26.0 Å². The molecule has 0 aliphatic carbocycles. The van der Waals surface area contributed by atoms with Crippen LogP contribution in [0.5, 0.6) is 11.5 Å². The molecule has 1 aromatic carbocycles. The SMILES string of the molecule is COc1cccc(OC)c1C=NO. The summed E-state index contributed by atoms with van der Waals surface area (Å²) in [5.41, 5.74) is 0.620. The first-order valence-corrected chi connectivity index (χ1v) is 3.72. The van der Waals surface area contributed by atoms with Crippen LogP contribution in [0, 0.1) is 0 Å². The largest absolute Gasteiger partial charge is 0.496 e. The maximum absolute atomic E-state index is 8.42. The van der Waals surface area contributed by atoms with Gasteiger partial charge in [0, 0.05) is 0 Å². The fourth-order valence-electron chi connectivity index (χ4n) is 1.06. The summed E-state index contributed by atoms with van der Waals surface area (Å²) in [5, 5.41) is 11.4. The monoisotopic (exact) mass is 181 g/mol. The average Bonchev–Trinajstić information content (AvgIpc) is 2.18. The molecule has 0 saturated heterocycles. The smallest absolute Gasteiger partial charge is 0.131 e. The highest BCUT2D eigenvalue weighted by atomic mass is 16.5. The highest BCUT2D eigenvalue weighted by molar-refractivity contribution is 5.86. The lowest BCUT2D eigenvalue weighted by Crippen LogP contribution is -1.95. The molecule has 0 aliphatic rings. The molecule has 0 aliphatic heterocycles. The lowest BCUT2D eigenvalue weighted by atomic mass is 10.2. The van der Waals surface area contributed by atoms with Gasteiger partial charge < -0.3 is 14.7 Å². The predicted octanol–water partition coefficient (Wildman–Crippen LogP) is 1.51. The van der Waals surface area contributed by atoms with Gasteiger partial charge in [-0.15, -0.1) is 0 Å². The summed E-state index contributed by atoms with van der Waals surface area (Å²) < 4.78 is 10.1. The first-order chi connectivity index (χ1) is 6.33. The Morgan fingerprint density at radius 1 is 1.23 bits per heavy atom. The van der Waals surface area contributed by atoms with Crippen molar-refractivity contribution in [3.63, 3.8) is 0 Å². The molecule has 0 aromatic heterocycles. The molecule has 1 N–H and O–H groups in total. The number of hydrogen-bond donors (Lipinski definition) is 1. The third-order valence-electron chi connectivity index (χ3n) is 1.65. The highest BCUT2D eigenvalue weighted by Gasteiger charge is 2.06. The molecule has 0 bridgehead atoms. The van der Waals surface area contributed by atoms with E-state index in [1.54, 1.807) is 32.4 Å². The summed E-state index contributed by atoms with van der Waals surface area (Å²) in [7, 11) is 3.09. The molecular formula is C9H11NO3. The average molecular weight is 181 g/mol. The van der Waals surface area contributed by atoms with Crippen LogP contribution in [0.25, 0.3) is 0 Å². The van der Waals surface area contributed by atoms with E-state index in [1.165, 1.54) is 6.21 Å². The van der Waals surface area contributed by atoms with Crippen LogP contribution in [0.15, 0.2) is 23.4 Å². The minimum Gasteiger partial charge on any atom is -0.496 e. The van der Waals surface area contributed by atoms with Crippen LogP contribution in [-0.2, 0) is 0 Å². The Morgan fingerprint density at radius 2 is 1.77 bits per heavy atom. The highest BCUT2D eigenvalue weighted by Crippen LogP contribution is 2.25. The first-order valence-electron chi connectivity index (χ1n) is 3.72. The molecule has 4 nitrogen and oxygen atoms in total. The minimum absolute atomic E-state index is 0.608. The normalized spacial score (nSPS) is 10.3. The molecule has 0 spiro atoms. The van der Waals surface area contributed by atoms with Gasteiger partial charge in [-0.1, -0.05) is 11.2 Å². The minimum atomic E-state index is 0.608. The zero-order chi connectivity index (χ0) is 9.68. The fraction of sp³-hybridized carbons (Fsp3) is 0.222. The van der Waals surface area contributed by atoms with Gasteiger partial charge in [0.1, 0.15) is 11.5 Å². The van der Waals surface area contributed by atoms with Crippen molar-refractivity contribution < 1.29 is 14.7 Å². The first kappa shape index (κ1) is 9.38. The molecule has 4 heteroatoms. The van der Waals surface area contributed by atoms with Crippen LogP contribution in [0.3, 0.4) is 0 Å². The molecular weight excluding hydrogens is 170 g/mol. The van der Waals surface area contributed by atoms with E-state index in [-0.39, 0.29) is 0 Å². The van der Waals surface area contributed by atoms with E-state index in [2.05, 4.69) is 5.16 Å². The molecule has 0 amide bonds. The van der Waals surface area contributed by atoms with E-state index >= 15 is 0 Å². The maximum Gasteiger partial charge on any atom is 0.131 e. The number of benzene rings is 1. The van der Waals surface area contributed by atoms with Crippen LogP contribution < -0.4 is 9.47 Å². The Hall–Kier alpha value is -1.71. The van der Waals surface area contributed by atoms with Crippen LogP contribution in [0.1, 0.15) is 5.56 Å². The van der Waals surface area contributed by atoms with Crippen LogP contribution in [0.2, 0.25) is 0 Å². The van der Waals surface area contributed by atoms with Gasteiger partial charge >= 0.3 is 0 Å². The quantitative estimate of drug-likeness (QED) is 0.437. The van der Waals surface area contributed by atoms with Crippen LogP contribution in [-0.4, -0.2) is 25.6 Å².